The largest absolute Gasteiger partial charge is 0.394 e. The topological polar surface area (TPSA) is 72.9 Å². The first kappa shape index (κ1) is 19.4. The lowest BCUT2D eigenvalue weighted by Crippen LogP contribution is -2.71. The molecule has 2 aliphatic heterocycles. The van der Waals surface area contributed by atoms with Gasteiger partial charge in [0.15, 0.2) is 0 Å². The number of urea groups is 1. The zero-order chi connectivity index (χ0) is 20.5. The minimum atomic E-state index is -0.380. The molecule has 2 N–H and O–H groups in total. The molecule has 0 aliphatic carbocycles. The van der Waals surface area contributed by atoms with E-state index in [-0.39, 0.29) is 42.4 Å². The number of anilines is 2. The van der Waals surface area contributed by atoms with Gasteiger partial charge in [0.05, 0.1) is 18.7 Å². The molecule has 152 valence electrons. The van der Waals surface area contributed by atoms with Gasteiger partial charge in [-0.15, -0.1) is 0 Å². The minimum Gasteiger partial charge on any atom is -0.394 e. The number of aliphatic hydroxyl groups excluding tert-OH is 1. The van der Waals surface area contributed by atoms with Crippen molar-refractivity contribution in [1.29, 1.82) is 0 Å². The fraction of sp³-hybridized carbons (Fsp3) is 0.364. The Labute approximate surface area is 168 Å². The van der Waals surface area contributed by atoms with Crippen molar-refractivity contribution in [3.05, 3.63) is 59.9 Å². The van der Waals surface area contributed by atoms with Gasteiger partial charge in [-0.1, -0.05) is 25.1 Å². The Bertz CT molecular complexity index is 918. The first-order valence-electron chi connectivity index (χ1n) is 9.90. The summed E-state index contributed by atoms with van der Waals surface area (Å²) in [5, 5.41) is 12.7. The van der Waals surface area contributed by atoms with Crippen molar-refractivity contribution < 1.29 is 19.1 Å². The van der Waals surface area contributed by atoms with Crippen LogP contribution in [-0.2, 0) is 4.79 Å². The van der Waals surface area contributed by atoms with Crippen LogP contribution in [0.3, 0.4) is 0 Å². The third kappa shape index (κ3) is 3.35. The molecule has 0 spiro atoms. The highest BCUT2D eigenvalue weighted by atomic mass is 19.1. The van der Waals surface area contributed by atoms with Gasteiger partial charge in [0.2, 0.25) is 5.91 Å². The molecular formula is C22H24FN3O3. The van der Waals surface area contributed by atoms with E-state index in [9.17, 15) is 19.1 Å². The molecule has 2 aromatic carbocycles. The van der Waals surface area contributed by atoms with Crippen molar-refractivity contribution in [2.45, 2.75) is 37.8 Å². The van der Waals surface area contributed by atoms with Gasteiger partial charge in [-0.2, -0.15) is 0 Å². The molecule has 6 nitrogen and oxygen atoms in total. The maximum absolute atomic E-state index is 13.1. The molecule has 1 saturated heterocycles. The Balaban J connectivity index is 1.61. The van der Waals surface area contributed by atoms with Crippen molar-refractivity contribution in [2.75, 3.05) is 23.4 Å². The average molecular weight is 397 g/mol. The van der Waals surface area contributed by atoms with E-state index in [0.29, 0.717) is 18.7 Å². The standard InChI is InChI=1S/C22H24FN3O3/c1-2-5-20(28)25-12-18-21(16-6-3-4-7-17(16)25)19(13-27)26(18)22(29)24-15-10-8-14(23)9-11-15/h3-4,6-11,18-19,21,27H,2,5,12-13H2,1H3,(H,24,29)/t18-,19+,21+/m1/s1. The smallest absolute Gasteiger partial charge is 0.322 e. The second-order valence-corrected chi connectivity index (χ2v) is 7.50. The Kier molecular flexibility index (Phi) is 5.24. The molecular weight excluding hydrogens is 373 g/mol. The third-order valence-corrected chi connectivity index (χ3v) is 5.78. The summed E-state index contributed by atoms with van der Waals surface area (Å²) in [6.07, 6.45) is 1.19. The number of hydrogen-bond donors (Lipinski definition) is 2. The van der Waals surface area contributed by atoms with Gasteiger partial charge in [-0.05, 0) is 42.3 Å². The average Bonchev–Trinajstić information content (AvgIpc) is 2.70. The molecule has 3 atom stereocenters. The fourth-order valence-corrected chi connectivity index (χ4v) is 4.47. The predicted octanol–water partition coefficient (Wildman–Crippen LogP) is 3.33. The number of amides is 3. The van der Waals surface area contributed by atoms with E-state index in [1.807, 2.05) is 31.2 Å². The van der Waals surface area contributed by atoms with Crippen molar-refractivity contribution in [2.24, 2.45) is 0 Å². The summed E-state index contributed by atoms with van der Waals surface area (Å²) in [4.78, 5) is 29.0. The molecule has 4 rings (SSSR count). The van der Waals surface area contributed by atoms with Crippen LogP contribution in [0.5, 0.6) is 0 Å². The first-order chi connectivity index (χ1) is 14.0. The summed E-state index contributed by atoms with van der Waals surface area (Å²) in [6.45, 7) is 2.19. The van der Waals surface area contributed by atoms with Crippen molar-refractivity contribution >= 4 is 23.3 Å². The van der Waals surface area contributed by atoms with Crippen LogP contribution in [0.25, 0.3) is 0 Å². The molecule has 0 aromatic heterocycles. The van der Waals surface area contributed by atoms with Crippen LogP contribution < -0.4 is 10.2 Å². The lowest BCUT2D eigenvalue weighted by molar-refractivity contribution is -0.119. The highest BCUT2D eigenvalue weighted by molar-refractivity contribution is 5.96. The summed E-state index contributed by atoms with van der Waals surface area (Å²) >= 11 is 0. The number of fused-ring (bicyclic) bond motifs is 3. The minimum absolute atomic E-state index is 0.0270. The van der Waals surface area contributed by atoms with Crippen LogP contribution in [0, 0.1) is 5.82 Å². The molecule has 0 saturated carbocycles. The van der Waals surface area contributed by atoms with Gasteiger partial charge in [0.1, 0.15) is 5.82 Å². The third-order valence-electron chi connectivity index (χ3n) is 5.78. The Morgan fingerprint density at radius 3 is 2.59 bits per heavy atom. The fourth-order valence-electron chi connectivity index (χ4n) is 4.47. The summed E-state index contributed by atoms with van der Waals surface area (Å²) in [5.74, 6) is -0.375. The molecule has 7 heteroatoms. The highest BCUT2D eigenvalue weighted by Crippen LogP contribution is 2.48. The van der Waals surface area contributed by atoms with Crippen LogP contribution in [0.1, 0.15) is 31.2 Å². The van der Waals surface area contributed by atoms with Gasteiger partial charge in [-0.25, -0.2) is 9.18 Å². The lowest BCUT2D eigenvalue weighted by Gasteiger charge is -2.58. The van der Waals surface area contributed by atoms with Gasteiger partial charge >= 0.3 is 6.03 Å². The van der Waals surface area contributed by atoms with Crippen molar-refractivity contribution in [3.63, 3.8) is 0 Å². The molecule has 29 heavy (non-hydrogen) atoms. The van der Waals surface area contributed by atoms with E-state index in [1.54, 1.807) is 9.80 Å². The molecule has 1 fully saturated rings. The number of carbonyl (C=O) groups is 2. The van der Waals surface area contributed by atoms with E-state index in [4.69, 9.17) is 0 Å². The number of nitrogens with zero attached hydrogens (tertiary/aromatic N) is 2. The highest BCUT2D eigenvalue weighted by Gasteiger charge is 2.55. The van der Waals surface area contributed by atoms with Crippen molar-refractivity contribution in [1.82, 2.24) is 4.90 Å². The van der Waals surface area contributed by atoms with Gasteiger partial charge in [-0.3, -0.25) is 4.79 Å². The first-order valence-corrected chi connectivity index (χ1v) is 9.90. The maximum Gasteiger partial charge on any atom is 0.322 e. The number of carbonyl (C=O) groups excluding carboxylic acids is 2. The Morgan fingerprint density at radius 1 is 1.17 bits per heavy atom. The monoisotopic (exact) mass is 397 g/mol. The van der Waals surface area contributed by atoms with Crippen LogP contribution >= 0.6 is 0 Å². The second kappa shape index (κ2) is 7.83. The van der Waals surface area contributed by atoms with E-state index >= 15 is 0 Å². The predicted molar refractivity (Wildman–Crippen MR) is 108 cm³/mol. The number of nitrogens with one attached hydrogen (secondary N) is 1. The Hall–Kier alpha value is -2.93. The van der Waals surface area contributed by atoms with Crippen LogP contribution in [-0.4, -0.2) is 47.2 Å². The van der Waals surface area contributed by atoms with Crippen LogP contribution in [0.2, 0.25) is 0 Å². The number of para-hydroxylation sites is 1. The van der Waals surface area contributed by atoms with E-state index in [1.165, 1.54) is 24.3 Å². The number of benzene rings is 2. The van der Waals surface area contributed by atoms with E-state index in [0.717, 1.165) is 17.7 Å². The zero-order valence-electron chi connectivity index (χ0n) is 16.2. The maximum atomic E-state index is 13.1. The number of aliphatic hydroxyl groups is 1. The molecule has 2 aliphatic rings. The second-order valence-electron chi connectivity index (χ2n) is 7.50. The number of rotatable bonds is 4. The zero-order valence-corrected chi connectivity index (χ0v) is 16.2. The number of likely N-dealkylation sites (tertiary alicyclic amines) is 1. The van der Waals surface area contributed by atoms with Gasteiger partial charge in [0.25, 0.3) is 0 Å². The van der Waals surface area contributed by atoms with Crippen molar-refractivity contribution in [3.8, 4) is 0 Å². The molecule has 0 unspecified atom stereocenters. The van der Waals surface area contributed by atoms with E-state index in [2.05, 4.69) is 5.32 Å². The summed E-state index contributed by atoms with van der Waals surface area (Å²) in [7, 11) is 0. The summed E-state index contributed by atoms with van der Waals surface area (Å²) < 4.78 is 13.1. The lowest BCUT2D eigenvalue weighted by atomic mass is 9.72. The summed E-state index contributed by atoms with van der Waals surface area (Å²) in [5.41, 5.74) is 2.33. The quantitative estimate of drug-likeness (QED) is 0.831. The van der Waals surface area contributed by atoms with Crippen LogP contribution in [0.4, 0.5) is 20.6 Å². The molecule has 0 bridgehead atoms. The molecule has 2 aromatic rings. The number of halogens is 1. The molecule has 2 heterocycles. The van der Waals surface area contributed by atoms with Crippen LogP contribution in [0.15, 0.2) is 48.5 Å². The normalized spacial score (nSPS) is 22.4. The summed E-state index contributed by atoms with van der Waals surface area (Å²) in [6, 6.07) is 12.3. The molecule has 3 amide bonds. The SMILES string of the molecule is CCCC(=O)N1C[C@@H]2[C@H](c3ccccc31)[C@H](CO)N2C(=O)Nc1ccc(F)cc1. The van der Waals surface area contributed by atoms with Gasteiger partial charge in [0, 0.05) is 30.3 Å². The van der Waals surface area contributed by atoms with Gasteiger partial charge < -0.3 is 20.2 Å². The number of hydrogen-bond acceptors (Lipinski definition) is 3. The Morgan fingerprint density at radius 2 is 1.90 bits per heavy atom. The van der Waals surface area contributed by atoms with E-state index < -0.39 is 0 Å². The molecule has 0 radical (unpaired) electrons.